The number of nitrogens with zero attached hydrogens (tertiary/aromatic N) is 2. The lowest BCUT2D eigenvalue weighted by Gasteiger charge is -2.35. The van der Waals surface area contributed by atoms with E-state index in [-0.39, 0.29) is 17.8 Å². The Morgan fingerprint density at radius 1 is 1.30 bits per heavy atom. The van der Waals surface area contributed by atoms with E-state index in [1.165, 1.54) is 6.07 Å². The Kier molecular flexibility index (Phi) is 5.59. The zero-order chi connectivity index (χ0) is 16.1. The second kappa shape index (κ2) is 7.86. The molecule has 1 aromatic rings. The fourth-order valence-corrected chi connectivity index (χ4v) is 3.14. The van der Waals surface area contributed by atoms with Gasteiger partial charge in [-0.3, -0.25) is 9.69 Å². The van der Waals surface area contributed by atoms with Crippen molar-refractivity contribution >= 4 is 5.91 Å². The number of rotatable bonds is 4. The third-order valence-corrected chi connectivity index (χ3v) is 4.44. The average Bonchev–Trinajstić information content (AvgIpc) is 2.56. The summed E-state index contributed by atoms with van der Waals surface area (Å²) in [7, 11) is 0. The second-order valence-electron chi connectivity index (χ2n) is 6.22. The van der Waals surface area contributed by atoms with Crippen molar-refractivity contribution in [2.75, 3.05) is 45.9 Å². The summed E-state index contributed by atoms with van der Waals surface area (Å²) in [6, 6.07) is 6.86. The highest BCUT2D eigenvalue weighted by atomic mass is 19.1. The molecule has 3 rings (SSSR count). The summed E-state index contributed by atoms with van der Waals surface area (Å²) in [6.07, 6.45) is 0.504. The Morgan fingerprint density at radius 2 is 2.13 bits per heavy atom. The lowest BCUT2D eigenvalue weighted by Crippen LogP contribution is -2.51. The first kappa shape index (κ1) is 16.4. The van der Waals surface area contributed by atoms with Crippen LogP contribution < -0.4 is 5.32 Å². The van der Waals surface area contributed by atoms with Gasteiger partial charge in [-0.1, -0.05) is 12.1 Å². The monoisotopic (exact) mass is 321 g/mol. The van der Waals surface area contributed by atoms with Crippen LogP contribution in [0.25, 0.3) is 0 Å². The quantitative estimate of drug-likeness (QED) is 0.893. The number of nitrogens with one attached hydrogen (secondary N) is 1. The van der Waals surface area contributed by atoms with Gasteiger partial charge in [-0.25, -0.2) is 4.39 Å². The fraction of sp³-hybridized carbons (Fsp3) is 0.588. The highest BCUT2D eigenvalue weighted by Crippen LogP contribution is 2.11. The molecule has 2 saturated heterocycles. The van der Waals surface area contributed by atoms with E-state index in [4.69, 9.17) is 4.74 Å². The SMILES string of the molecule is O=C(C[C@H]1COCCN1)N1CCN(Cc2cccc(F)c2)CC1. The van der Waals surface area contributed by atoms with E-state index in [1.54, 1.807) is 12.1 Å². The fourth-order valence-electron chi connectivity index (χ4n) is 3.14. The first-order chi connectivity index (χ1) is 11.2. The third kappa shape index (κ3) is 4.73. The normalized spacial score (nSPS) is 23.0. The number of amides is 1. The van der Waals surface area contributed by atoms with Crippen molar-refractivity contribution in [1.29, 1.82) is 0 Å². The van der Waals surface area contributed by atoms with E-state index in [2.05, 4.69) is 10.2 Å². The van der Waals surface area contributed by atoms with Gasteiger partial charge in [0.1, 0.15) is 5.82 Å². The zero-order valence-electron chi connectivity index (χ0n) is 13.3. The van der Waals surface area contributed by atoms with Crippen LogP contribution in [0.5, 0.6) is 0 Å². The van der Waals surface area contributed by atoms with Crippen LogP contribution in [0, 0.1) is 5.82 Å². The number of hydrogen-bond donors (Lipinski definition) is 1. The average molecular weight is 321 g/mol. The van der Waals surface area contributed by atoms with E-state index in [0.29, 0.717) is 13.0 Å². The molecule has 1 amide bonds. The molecule has 1 aromatic carbocycles. The summed E-state index contributed by atoms with van der Waals surface area (Å²) < 4.78 is 18.6. The molecule has 2 aliphatic rings. The molecule has 5 nitrogen and oxygen atoms in total. The summed E-state index contributed by atoms with van der Waals surface area (Å²) in [4.78, 5) is 16.5. The predicted octanol–water partition coefficient (Wildman–Crippen LogP) is 0.848. The smallest absolute Gasteiger partial charge is 0.224 e. The van der Waals surface area contributed by atoms with Crippen LogP contribution in [0.2, 0.25) is 0 Å². The molecule has 0 aromatic heterocycles. The molecule has 6 heteroatoms. The van der Waals surface area contributed by atoms with Gasteiger partial charge >= 0.3 is 0 Å². The molecule has 126 valence electrons. The minimum absolute atomic E-state index is 0.140. The van der Waals surface area contributed by atoms with Crippen LogP contribution >= 0.6 is 0 Å². The van der Waals surface area contributed by atoms with Crippen LogP contribution in [0.4, 0.5) is 4.39 Å². The summed E-state index contributed by atoms with van der Waals surface area (Å²) in [5, 5.41) is 3.32. The van der Waals surface area contributed by atoms with Gasteiger partial charge in [0.05, 0.1) is 13.2 Å². The van der Waals surface area contributed by atoms with Gasteiger partial charge in [-0.2, -0.15) is 0 Å². The molecule has 23 heavy (non-hydrogen) atoms. The second-order valence-corrected chi connectivity index (χ2v) is 6.22. The van der Waals surface area contributed by atoms with Crippen LogP contribution in [0.1, 0.15) is 12.0 Å². The lowest BCUT2D eigenvalue weighted by atomic mass is 10.1. The van der Waals surface area contributed by atoms with E-state index >= 15 is 0 Å². The highest BCUT2D eigenvalue weighted by Gasteiger charge is 2.24. The molecule has 0 radical (unpaired) electrons. The van der Waals surface area contributed by atoms with Crippen molar-refractivity contribution in [3.63, 3.8) is 0 Å². The zero-order valence-corrected chi connectivity index (χ0v) is 13.3. The van der Waals surface area contributed by atoms with Crippen molar-refractivity contribution in [2.45, 2.75) is 19.0 Å². The minimum Gasteiger partial charge on any atom is -0.378 e. The molecule has 2 fully saturated rings. The molecule has 2 aliphatic heterocycles. The number of morpholine rings is 1. The van der Waals surface area contributed by atoms with Gasteiger partial charge in [-0.15, -0.1) is 0 Å². The predicted molar refractivity (Wildman–Crippen MR) is 85.5 cm³/mol. The maximum Gasteiger partial charge on any atom is 0.224 e. The highest BCUT2D eigenvalue weighted by molar-refractivity contribution is 5.77. The molecule has 1 N–H and O–H groups in total. The Bertz CT molecular complexity index is 526. The molecular formula is C17H24FN3O2. The van der Waals surface area contributed by atoms with Crippen LogP contribution in [0.15, 0.2) is 24.3 Å². The summed E-state index contributed by atoms with van der Waals surface area (Å²) in [5.74, 6) is -0.00285. The third-order valence-electron chi connectivity index (χ3n) is 4.44. The van der Waals surface area contributed by atoms with Crippen molar-refractivity contribution < 1.29 is 13.9 Å². The number of halogens is 1. The van der Waals surface area contributed by atoms with E-state index < -0.39 is 0 Å². The number of hydrogen-bond acceptors (Lipinski definition) is 4. The van der Waals surface area contributed by atoms with E-state index in [9.17, 15) is 9.18 Å². The Labute approximate surface area is 136 Å². The Hall–Kier alpha value is -1.50. The van der Waals surface area contributed by atoms with E-state index in [1.807, 2.05) is 11.0 Å². The molecule has 0 unspecified atom stereocenters. The number of ether oxygens (including phenoxy) is 1. The van der Waals surface area contributed by atoms with Gasteiger partial charge in [-0.05, 0) is 17.7 Å². The van der Waals surface area contributed by atoms with Crippen LogP contribution in [-0.2, 0) is 16.1 Å². The molecule has 0 aliphatic carbocycles. The van der Waals surface area contributed by atoms with Gasteiger partial charge in [0.2, 0.25) is 5.91 Å². The minimum atomic E-state index is -0.196. The molecule has 0 bridgehead atoms. The van der Waals surface area contributed by atoms with E-state index in [0.717, 1.165) is 51.4 Å². The Balaban J connectivity index is 1.43. The number of carbonyl (C=O) groups is 1. The van der Waals surface area contributed by atoms with Gasteiger partial charge in [0.25, 0.3) is 0 Å². The summed E-state index contributed by atoms with van der Waals surface area (Å²) in [6.45, 7) is 6.03. The van der Waals surface area contributed by atoms with Crippen molar-refractivity contribution in [1.82, 2.24) is 15.1 Å². The molecule has 0 saturated carbocycles. The van der Waals surface area contributed by atoms with Crippen LogP contribution in [-0.4, -0.2) is 67.7 Å². The first-order valence-electron chi connectivity index (χ1n) is 8.26. The molecule has 0 spiro atoms. The number of benzene rings is 1. The first-order valence-corrected chi connectivity index (χ1v) is 8.26. The van der Waals surface area contributed by atoms with Gasteiger partial charge in [0, 0.05) is 51.7 Å². The Morgan fingerprint density at radius 3 is 2.83 bits per heavy atom. The van der Waals surface area contributed by atoms with Gasteiger partial charge in [0.15, 0.2) is 0 Å². The molecule has 1 atom stereocenters. The van der Waals surface area contributed by atoms with Gasteiger partial charge < -0.3 is 15.0 Å². The summed E-state index contributed by atoms with van der Waals surface area (Å²) in [5.41, 5.74) is 0.980. The number of carbonyl (C=O) groups excluding carboxylic acids is 1. The molecular weight excluding hydrogens is 297 g/mol. The standard InChI is InChI=1S/C17H24FN3O2/c18-15-3-1-2-14(10-15)12-20-5-7-21(8-6-20)17(22)11-16-13-23-9-4-19-16/h1-3,10,16,19H,4-9,11-13H2/t16-/m0/s1. The summed E-state index contributed by atoms with van der Waals surface area (Å²) >= 11 is 0. The maximum absolute atomic E-state index is 13.2. The van der Waals surface area contributed by atoms with Crippen molar-refractivity contribution in [3.05, 3.63) is 35.6 Å². The largest absolute Gasteiger partial charge is 0.378 e. The molecule has 2 heterocycles. The van der Waals surface area contributed by atoms with Crippen LogP contribution in [0.3, 0.4) is 0 Å². The lowest BCUT2D eigenvalue weighted by molar-refractivity contribution is -0.134. The maximum atomic E-state index is 13.2. The van der Waals surface area contributed by atoms with Crippen molar-refractivity contribution in [2.24, 2.45) is 0 Å². The number of piperazine rings is 1. The van der Waals surface area contributed by atoms with Crippen molar-refractivity contribution in [3.8, 4) is 0 Å². The topological polar surface area (TPSA) is 44.8 Å².